The first kappa shape index (κ1) is 10.2. The molecule has 1 heterocycles. The minimum atomic E-state index is -0.00587. The molecule has 1 aromatic carbocycles. The maximum absolute atomic E-state index is 11.0. The number of fused-ring (bicyclic) bond motifs is 1. The minimum absolute atomic E-state index is 0.00587. The third-order valence-corrected chi connectivity index (χ3v) is 2.69. The molecule has 0 saturated heterocycles. The number of amides is 1. The number of alkyl halides is 1. The SMILES string of the molecule is O=C(CBr)NCc1cc2ccccc2[nH]1. The van der Waals surface area contributed by atoms with Crippen molar-refractivity contribution in [3.63, 3.8) is 0 Å². The average molecular weight is 267 g/mol. The van der Waals surface area contributed by atoms with Crippen molar-refractivity contribution in [3.05, 3.63) is 36.0 Å². The number of carbonyl (C=O) groups excluding carboxylic acids is 1. The highest BCUT2D eigenvalue weighted by molar-refractivity contribution is 9.09. The van der Waals surface area contributed by atoms with Crippen LogP contribution in [0.1, 0.15) is 5.69 Å². The zero-order valence-corrected chi connectivity index (χ0v) is 9.67. The van der Waals surface area contributed by atoms with Crippen LogP contribution in [0.5, 0.6) is 0 Å². The monoisotopic (exact) mass is 266 g/mol. The second kappa shape index (κ2) is 4.49. The summed E-state index contributed by atoms with van der Waals surface area (Å²) in [6, 6.07) is 10.1. The Morgan fingerprint density at radius 2 is 2.20 bits per heavy atom. The topological polar surface area (TPSA) is 44.9 Å². The molecule has 3 nitrogen and oxygen atoms in total. The molecule has 0 aliphatic heterocycles. The molecule has 2 rings (SSSR count). The van der Waals surface area contributed by atoms with Crippen LogP contribution in [0.2, 0.25) is 0 Å². The van der Waals surface area contributed by atoms with Gasteiger partial charge < -0.3 is 10.3 Å². The second-order valence-corrected chi connectivity index (χ2v) is 3.85. The van der Waals surface area contributed by atoms with Gasteiger partial charge in [0.2, 0.25) is 5.91 Å². The number of rotatable bonds is 3. The predicted molar refractivity (Wildman–Crippen MR) is 63.9 cm³/mol. The van der Waals surface area contributed by atoms with Gasteiger partial charge in [-0.05, 0) is 17.5 Å². The molecule has 0 aliphatic rings. The van der Waals surface area contributed by atoms with Crippen molar-refractivity contribution in [1.29, 1.82) is 0 Å². The Morgan fingerprint density at radius 1 is 1.40 bits per heavy atom. The normalized spacial score (nSPS) is 10.5. The van der Waals surface area contributed by atoms with Gasteiger partial charge >= 0.3 is 0 Å². The molecular weight excluding hydrogens is 256 g/mol. The fraction of sp³-hybridized carbons (Fsp3) is 0.182. The minimum Gasteiger partial charge on any atom is -0.357 e. The van der Waals surface area contributed by atoms with Gasteiger partial charge in [-0.15, -0.1) is 0 Å². The standard InChI is InChI=1S/C11H11BrN2O/c12-6-11(15)13-7-9-5-8-3-1-2-4-10(8)14-9/h1-5,14H,6-7H2,(H,13,15). The molecule has 0 saturated carbocycles. The number of carbonyl (C=O) groups is 1. The van der Waals surface area contributed by atoms with E-state index in [1.807, 2.05) is 30.3 Å². The number of benzene rings is 1. The van der Waals surface area contributed by atoms with Crippen LogP contribution in [-0.2, 0) is 11.3 Å². The molecule has 0 radical (unpaired) electrons. The molecule has 78 valence electrons. The molecule has 1 amide bonds. The molecule has 1 aromatic heterocycles. The van der Waals surface area contributed by atoms with Crippen LogP contribution in [0.25, 0.3) is 10.9 Å². The third-order valence-electron chi connectivity index (χ3n) is 2.18. The summed E-state index contributed by atoms with van der Waals surface area (Å²) < 4.78 is 0. The van der Waals surface area contributed by atoms with E-state index in [0.29, 0.717) is 11.9 Å². The van der Waals surface area contributed by atoms with Gasteiger partial charge in [-0.1, -0.05) is 34.1 Å². The zero-order valence-electron chi connectivity index (χ0n) is 8.09. The van der Waals surface area contributed by atoms with E-state index in [-0.39, 0.29) is 5.91 Å². The summed E-state index contributed by atoms with van der Waals surface area (Å²) in [5.41, 5.74) is 2.12. The number of H-pyrrole nitrogens is 1. The number of aromatic amines is 1. The Labute approximate surface area is 96.0 Å². The van der Waals surface area contributed by atoms with Crippen molar-refractivity contribution in [1.82, 2.24) is 10.3 Å². The number of halogens is 1. The van der Waals surface area contributed by atoms with Crippen molar-refractivity contribution in [2.24, 2.45) is 0 Å². The highest BCUT2D eigenvalue weighted by Gasteiger charge is 2.01. The van der Waals surface area contributed by atoms with Gasteiger partial charge in [0.25, 0.3) is 0 Å². The number of nitrogens with one attached hydrogen (secondary N) is 2. The first-order chi connectivity index (χ1) is 7.29. The van der Waals surface area contributed by atoms with E-state index in [1.165, 1.54) is 5.39 Å². The van der Waals surface area contributed by atoms with Crippen LogP contribution >= 0.6 is 15.9 Å². The van der Waals surface area contributed by atoms with Gasteiger partial charge in [-0.25, -0.2) is 0 Å². The van der Waals surface area contributed by atoms with E-state index in [2.05, 4.69) is 26.2 Å². The van der Waals surface area contributed by atoms with Gasteiger partial charge in [0.15, 0.2) is 0 Å². The van der Waals surface area contributed by atoms with Crippen molar-refractivity contribution >= 4 is 32.7 Å². The highest BCUT2D eigenvalue weighted by atomic mass is 79.9. The van der Waals surface area contributed by atoms with Crippen LogP contribution in [0, 0.1) is 0 Å². The summed E-state index contributed by atoms with van der Waals surface area (Å²) in [6.45, 7) is 0.541. The van der Waals surface area contributed by atoms with Gasteiger partial charge in [-0.2, -0.15) is 0 Å². The van der Waals surface area contributed by atoms with Crippen molar-refractivity contribution in [2.45, 2.75) is 6.54 Å². The van der Waals surface area contributed by atoms with Gasteiger partial charge in [0, 0.05) is 11.2 Å². The third kappa shape index (κ3) is 2.39. The Balaban J connectivity index is 2.12. The molecule has 2 aromatic rings. The van der Waals surface area contributed by atoms with Crippen LogP contribution in [0.3, 0.4) is 0 Å². The maximum Gasteiger partial charge on any atom is 0.230 e. The highest BCUT2D eigenvalue weighted by Crippen LogP contribution is 2.14. The molecular formula is C11H11BrN2O. The van der Waals surface area contributed by atoms with Crippen LogP contribution < -0.4 is 5.32 Å². The molecule has 0 spiro atoms. The van der Waals surface area contributed by atoms with Crippen LogP contribution in [0.15, 0.2) is 30.3 Å². The Morgan fingerprint density at radius 3 is 2.93 bits per heavy atom. The van der Waals surface area contributed by atoms with Crippen molar-refractivity contribution < 1.29 is 4.79 Å². The lowest BCUT2D eigenvalue weighted by Gasteiger charge is -1.99. The van der Waals surface area contributed by atoms with Crippen LogP contribution in [-0.4, -0.2) is 16.2 Å². The average Bonchev–Trinajstić information content (AvgIpc) is 2.68. The van der Waals surface area contributed by atoms with E-state index in [9.17, 15) is 4.79 Å². The first-order valence-electron chi connectivity index (χ1n) is 4.69. The largest absolute Gasteiger partial charge is 0.357 e. The molecule has 0 unspecified atom stereocenters. The van der Waals surface area contributed by atoms with Gasteiger partial charge in [-0.3, -0.25) is 4.79 Å². The maximum atomic E-state index is 11.0. The Kier molecular flexibility index (Phi) is 3.06. The summed E-state index contributed by atoms with van der Waals surface area (Å²) in [5.74, 6) is -0.00587. The number of para-hydroxylation sites is 1. The van der Waals surface area contributed by atoms with Crippen LogP contribution in [0.4, 0.5) is 0 Å². The smallest absolute Gasteiger partial charge is 0.230 e. The molecule has 4 heteroatoms. The summed E-state index contributed by atoms with van der Waals surface area (Å²) in [6.07, 6.45) is 0. The lowest BCUT2D eigenvalue weighted by atomic mass is 10.2. The van der Waals surface area contributed by atoms with E-state index < -0.39 is 0 Å². The zero-order chi connectivity index (χ0) is 10.7. The number of hydrogen-bond acceptors (Lipinski definition) is 1. The lowest BCUT2D eigenvalue weighted by Crippen LogP contribution is -2.23. The van der Waals surface area contributed by atoms with E-state index in [0.717, 1.165) is 11.2 Å². The van der Waals surface area contributed by atoms with E-state index >= 15 is 0 Å². The Bertz CT molecular complexity index is 445. The number of hydrogen-bond donors (Lipinski definition) is 2. The summed E-state index contributed by atoms with van der Waals surface area (Å²) in [7, 11) is 0. The summed E-state index contributed by atoms with van der Waals surface area (Å²) >= 11 is 3.10. The molecule has 0 fully saturated rings. The van der Waals surface area contributed by atoms with E-state index in [4.69, 9.17) is 0 Å². The summed E-state index contributed by atoms with van der Waals surface area (Å²) in [5, 5.41) is 4.30. The first-order valence-corrected chi connectivity index (χ1v) is 5.81. The van der Waals surface area contributed by atoms with Gasteiger partial charge in [0.05, 0.1) is 11.9 Å². The van der Waals surface area contributed by atoms with E-state index in [1.54, 1.807) is 0 Å². The molecule has 15 heavy (non-hydrogen) atoms. The quantitative estimate of drug-likeness (QED) is 0.822. The Hall–Kier alpha value is -1.29. The summed E-state index contributed by atoms with van der Waals surface area (Å²) in [4.78, 5) is 14.3. The lowest BCUT2D eigenvalue weighted by molar-refractivity contribution is -0.118. The molecule has 0 bridgehead atoms. The second-order valence-electron chi connectivity index (χ2n) is 3.29. The molecule has 0 atom stereocenters. The predicted octanol–water partition coefficient (Wildman–Crippen LogP) is 2.18. The fourth-order valence-electron chi connectivity index (χ4n) is 1.47. The van der Waals surface area contributed by atoms with Crippen molar-refractivity contribution in [2.75, 3.05) is 5.33 Å². The van der Waals surface area contributed by atoms with Gasteiger partial charge in [0.1, 0.15) is 0 Å². The molecule has 0 aliphatic carbocycles. The fourth-order valence-corrected chi connectivity index (χ4v) is 1.67. The number of aromatic nitrogens is 1. The van der Waals surface area contributed by atoms with Crippen molar-refractivity contribution in [3.8, 4) is 0 Å². The molecule has 2 N–H and O–H groups in total.